The highest BCUT2D eigenvalue weighted by Crippen LogP contribution is 2.40. The number of hydrogen-bond acceptors (Lipinski definition) is 6. The van der Waals surface area contributed by atoms with Crippen LogP contribution in [-0.2, 0) is 17.8 Å². The summed E-state index contributed by atoms with van der Waals surface area (Å²) in [7, 11) is 0. The second-order valence-corrected chi connectivity index (χ2v) is 8.17. The van der Waals surface area contributed by atoms with Gasteiger partial charge in [-0.1, -0.05) is 25.1 Å². The Kier molecular flexibility index (Phi) is 4.12. The van der Waals surface area contributed by atoms with Gasteiger partial charge < -0.3 is 10.5 Å². The Bertz CT molecular complexity index is 666. The van der Waals surface area contributed by atoms with Crippen LogP contribution in [0.1, 0.15) is 44.1 Å². The number of aromatic nitrogens is 2. The molecule has 3 heterocycles. The summed E-state index contributed by atoms with van der Waals surface area (Å²) >= 11 is 3.38. The molecule has 0 aliphatic carbocycles. The number of nitrogens with zero attached hydrogens (tertiary/aromatic N) is 2. The number of nitrogen functional groups attached to an aromatic ring is 1. The Balaban J connectivity index is 2.00. The highest BCUT2D eigenvalue weighted by atomic mass is 32.2. The molecule has 6 heteroatoms. The van der Waals surface area contributed by atoms with Crippen LogP contribution < -0.4 is 5.73 Å². The van der Waals surface area contributed by atoms with Crippen molar-refractivity contribution in [2.24, 2.45) is 0 Å². The Hall–Kier alpha value is -0.850. The second-order valence-electron chi connectivity index (χ2n) is 6.00. The molecule has 114 valence electrons. The number of rotatable bonds is 4. The van der Waals surface area contributed by atoms with Crippen LogP contribution >= 0.6 is 23.1 Å². The van der Waals surface area contributed by atoms with Crippen LogP contribution in [0.25, 0.3) is 10.2 Å². The van der Waals surface area contributed by atoms with Crippen molar-refractivity contribution >= 4 is 39.1 Å². The fourth-order valence-electron chi connectivity index (χ4n) is 2.48. The first kappa shape index (κ1) is 15.1. The minimum absolute atomic E-state index is 0.129. The number of anilines is 1. The second kappa shape index (κ2) is 5.74. The Labute approximate surface area is 133 Å². The van der Waals surface area contributed by atoms with E-state index in [9.17, 15) is 0 Å². The van der Waals surface area contributed by atoms with E-state index in [0.717, 1.165) is 27.5 Å². The molecule has 0 fully saturated rings. The predicted octanol–water partition coefficient (Wildman–Crippen LogP) is 4.02. The molecule has 0 saturated heterocycles. The number of fused-ring (bicyclic) bond motifs is 3. The van der Waals surface area contributed by atoms with E-state index in [2.05, 4.69) is 25.8 Å². The number of hydrogen-bond donors (Lipinski definition) is 1. The topological polar surface area (TPSA) is 61.0 Å². The molecule has 0 saturated carbocycles. The zero-order valence-corrected chi connectivity index (χ0v) is 14.4. The van der Waals surface area contributed by atoms with Crippen LogP contribution in [0.2, 0.25) is 0 Å². The van der Waals surface area contributed by atoms with Crippen molar-refractivity contribution in [3.05, 3.63) is 10.4 Å². The lowest BCUT2D eigenvalue weighted by Crippen LogP contribution is -2.31. The van der Waals surface area contributed by atoms with E-state index < -0.39 is 0 Å². The van der Waals surface area contributed by atoms with Gasteiger partial charge in [0, 0.05) is 17.1 Å². The first-order valence-corrected chi connectivity index (χ1v) is 9.15. The van der Waals surface area contributed by atoms with Gasteiger partial charge in [-0.15, -0.1) is 11.3 Å². The first-order valence-electron chi connectivity index (χ1n) is 7.34. The van der Waals surface area contributed by atoms with Gasteiger partial charge in [-0.05, 0) is 25.8 Å². The Morgan fingerprint density at radius 1 is 1.38 bits per heavy atom. The molecule has 0 radical (unpaired) electrons. The molecule has 0 spiro atoms. The number of thioether (sulfide) groups is 1. The summed E-state index contributed by atoms with van der Waals surface area (Å²) in [6.07, 6.45) is 3.25. The van der Waals surface area contributed by atoms with Crippen molar-refractivity contribution < 1.29 is 4.74 Å². The summed E-state index contributed by atoms with van der Waals surface area (Å²) in [6, 6.07) is 0. The van der Waals surface area contributed by atoms with Crippen molar-refractivity contribution in [2.45, 2.75) is 57.4 Å². The number of nitrogens with two attached hydrogens (primary N) is 1. The molecule has 21 heavy (non-hydrogen) atoms. The van der Waals surface area contributed by atoms with Crippen LogP contribution in [0, 0.1) is 0 Å². The fraction of sp³-hybridized carbons (Fsp3) is 0.600. The van der Waals surface area contributed by atoms with Gasteiger partial charge in [-0.2, -0.15) is 0 Å². The minimum atomic E-state index is -0.129. The lowest BCUT2D eigenvalue weighted by Gasteiger charge is -2.29. The third-order valence-electron chi connectivity index (χ3n) is 3.64. The van der Waals surface area contributed by atoms with E-state index in [0.29, 0.717) is 12.4 Å². The monoisotopic (exact) mass is 323 g/mol. The van der Waals surface area contributed by atoms with Gasteiger partial charge in [0.15, 0.2) is 5.16 Å². The quantitative estimate of drug-likeness (QED) is 0.523. The molecule has 2 aromatic rings. The van der Waals surface area contributed by atoms with Crippen molar-refractivity contribution in [3.63, 3.8) is 0 Å². The van der Waals surface area contributed by atoms with Crippen LogP contribution in [0.5, 0.6) is 0 Å². The van der Waals surface area contributed by atoms with Gasteiger partial charge >= 0.3 is 0 Å². The van der Waals surface area contributed by atoms with E-state index in [1.165, 1.54) is 23.3 Å². The average Bonchev–Trinajstić information content (AvgIpc) is 2.77. The maximum Gasteiger partial charge on any atom is 0.190 e. The number of thiophene rings is 1. The molecule has 1 aliphatic heterocycles. The molecule has 2 N–H and O–H groups in total. The minimum Gasteiger partial charge on any atom is -0.382 e. The summed E-state index contributed by atoms with van der Waals surface area (Å²) in [5.74, 6) is 1.65. The molecule has 0 atom stereocenters. The molecule has 0 amide bonds. The van der Waals surface area contributed by atoms with E-state index >= 15 is 0 Å². The normalized spacial score (nSPS) is 17.1. The van der Waals surface area contributed by atoms with Gasteiger partial charge in [-0.3, -0.25) is 0 Å². The van der Waals surface area contributed by atoms with Gasteiger partial charge in [0.1, 0.15) is 5.82 Å². The third kappa shape index (κ3) is 3.03. The largest absolute Gasteiger partial charge is 0.382 e. The van der Waals surface area contributed by atoms with Crippen molar-refractivity contribution in [2.75, 3.05) is 11.5 Å². The van der Waals surface area contributed by atoms with Gasteiger partial charge in [0.25, 0.3) is 0 Å². The highest BCUT2D eigenvalue weighted by Gasteiger charge is 2.30. The summed E-state index contributed by atoms with van der Waals surface area (Å²) < 4.78 is 6.90. The molecule has 0 bridgehead atoms. The van der Waals surface area contributed by atoms with Crippen LogP contribution in [-0.4, -0.2) is 21.3 Å². The standard InChI is InChI=1S/C15H21N3OS2/c1-4-5-6-20-14-17-11-9-7-15(2,3)19-8-10(9)21-12(11)13(16)18-14/h4-8H2,1-3H3,(H2,16,17,18). The summed E-state index contributed by atoms with van der Waals surface area (Å²) in [5.41, 5.74) is 8.36. The molecular weight excluding hydrogens is 302 g/mol. The Morgan fingerprint density at radius 2 is 2.19 bits per heavy atom. The summed E-state index contributed by atoms with van der Waals surface area (Å²) in [5, 5.41) is 0.804. The smallest absolute Gasteiger partial charge is 0.190 e. The molecule has 2 aromatic heterocycles. The lowest BCUT2D eigenvalue weighted by atomic mass is 9.95. The van der Waals surface area contributed by atoms with Crippen LogP contribution in [0.4, 0.5) is 5.82 Å². The maximum atomic E-state index is 6.15. The Morgan fingerprint density at radius 3 is 2.95 bits per heavy atom. The van der Waals surface area contributed by atoms with Crippen molar-refractivity contribution in [1.82, 2.24) is 9.97 Å². The molecule has 0 aromatic carbocycles. The van der Waals surface area contributed by atoms with Crippen LogP contribution in [0.15, 0.2) is 5.16 Å². The van der Waals surface area contributed by atoms with E-state index in [1.54, 1.807) is 23.1 Å². The van der Waals surface area contributed by atoms with Crippen molar-refractivity contribution in [3.8, 4) is 0 Å². The van der Waals surface area contributed by atoms with Gasteiger partial charge in [-0.25, -0.2) is 9.97 Å². The lowest BCUT2D eigenvalue weighted by molar-refractivity contribution is -0.0379. The average molecular weight is 323 g/mol. The summed E-state index contributed by atoms with van der Waals surface area (Å²) in [4.78, 5) is 10.5. The summed E-state index contributed by atoms with van der Waals surface area (Å²) in [6.45, 7) is 7.10. The zero-order valence-electron chi connectivity index (χ0n) is 12.7. The van der Waals surface area contributed by atoms with Crippen LogP contribution in [0.3, 0.4) is 0 Å². The fourth-order valence-corrected chi connectivity index (χ4v) is 4.48. The molecular formula is C15H21N3OS2. The number of unbranched alkanes of at least 4 members (excludes halogenated alkanes) is 1. The van der Waals surface area contributed by atoms with E-state index in [1.807, 2.05) is 0 Å². The van der Waals surface area contributed by atoms with Crippen molar-refractivity contribution in [1.29, 1.82) is 0 Å². The number of ether oxygens (including phenoxy) is 1. The maximum absolute atomic E-state index is 6.15. The predicted molar refractivity (Wildman–Crippen MR) is 90.0 cm³/mol. The molecule has 4 nitrogen and oxygen atoms in total. The first-order chi connectivity index (χ1) is 10.00. The molecule has 0 unspecified atom stereocenters. The molecule has 1 aliphatic rings. The van der Waals surface area contributed by atoms with E-state index in [4.69, 9.17) is 15.5 Å². The van der Waals surface area contributed by atoms with Gasteiger partial charge in [0.05, 0.1) is 22.4 Å². The third-order valence-corrected chi connectivity index (χ3v) is 5.80. The highest BCUT2D eigenvalue weighted by molar-refractivity contribution is 7.99. The van der Waals surface area contributed by atoms with Gasteiger partial charge in [0.2, 0.25) is 0 Å². The molecule has 3 rings (SSSR count). The zero-order chi connectivity index (χ0) is 15.0. The SMILES string of the molecule is CCCCSc1nc(N)c2sc3c(c2n1)CC(C)(C)OC3. The van der Waals surface area contributed by atoms with E-state index in [-0.39, 0.29) is 5.60 Å².